The van der Waals surface area contributed by atoms with E-state index in [9.17, 15) is 0 Å². The third kappa shape index (κ3) is 8.88. The van der Waals surface area contributed by atoms with Crippen molar-refractivity contribution in [1.29, 1.82) is 0 Å². The summed E-state index contributed by atoms with van der Waals surface area (Å²) < 4.78 is 11.0. The summed E-state index contributed by atoms with van der Waals surface area (Å²) in [6.07, 6.45) is 2.04. The lowest BCUT2D eigenvalue weighted by atomic mass is 10.1. The average molecular weight is 435 g/mol. The van der Waals surface area contributed by atoms with Crippen molar-refractivity contribution >= 4 is 29.9 Å². The molecule has 0 fully saturated rings. The molecule has 0 amide bonds. The summed E-state index contributed by atoms with van der Waals surface area (Å²) in [5.74, 6) is 2.62. The highest BCUT2D eigenvalue weighted by molar-refractivity contribution is 14.0. The van der Waals surface area contributed by atoms with Gasteiger partial charge >= 0.3 is 0 Å². The molecule has 1 rings (SSSR count). The lowest BCUT2D eigenvalue weighted by Crippen LogP contribution is -2.32. The fourth-order valence-corrected chi connectivity index (χ4v) is 1.86. The van der Waals surface area contributed by atoms with Gasteiger partial charge < -0.3 is 20.5 Å². The zero-order chi connectivity index (χ0) is 16.4. The fraction of sp³-hybridized carbons (Fsp3) is 0.588. The van der Waals surface area contributed by atoms with E-state index in [1.54, 1.807) is 7.11 Å². The number of ether oxygens (including phenoxy) is 2. The molecule has 0 unspecified atom stereocenters. The van der Waals surface area contributed by atoms with Crippen LogP contribution >= 0.6 is 24.0 Å². The van der Waals surface area contributed by atoms with Crippen LogP contribution in [0.25, 0.3) is 0 Å². The molecule has 0 aromatic heterocycles. The van der Waals surface area contributed by atoms with Gasteiger partial charge in [-0.05, 0) is 36.5 Å². The number of rotatable bonds is 9. The summed E-state index contributed by atoms with van der Waals surface area (Å²) in [4.78, 5) is 4.35. The first-order valence-electron chi connectivity index (χ1n) is 7.90. The van der Waals surface area contributed by atoms with E-state index in [0.717, 1.165) is 36.4 Å². The Bertz CT molecular complexity index is 479. The molecule has 132 valence electrons. The third-order valence-corrected chi connectivity index (χ3v) is 3.15. The van der Waals surface area contributed by atoms with Gasteiger partial charge in [0.25, 0.3) is 0 Å². The number of hydrogen-bond donors (Lipinski definition) is 2. The summed E-state index contributed by atoms with van der Waals surface area (Å²) in [5.41, 5.74) is 6.89. The van der Waals surface area contributed by atoms with Crippen LogP contribution in [0.5, 0.6) is 11.5 Å². The van der Waals surface area contributed by atoms with E-state index >= 15 is 0 Å². The second kappa shape index (κ2) is 12.3. The Balaban J connectivity index is 0.00000484. The standard InChI is InChI=1S/C17H29N3O2.HI/c1-5-10-22-15-7-6-14(11-16(15)21-4)12-20-17(18)19-9-8-13(2)3;/h6-7,11,13H,5,8-10,12H2,1-4H3,(H3,18,19,20);1H. The van der Waals surface area contributed by atoms with Gasteiger partial charge in [0.15, 0.2) is 17.5 Å². The molecule has 0 heterocycles. The van der Waals surface area contributed by atoms with Gasteiger partial charge in [0.2, 0.25) is 0 Å². The van der Waals surface area contributed by atoms with Crippen LogP contribution in [0.2, 0.25) is 0 Å². The molecule has 0 atom stereocenters. The van der Waals surface area contributed by atoms with Crippen LogP contribution in [0, 0.1) is 5.92 Å². The van der Waals surface area contributed by atoms with E-state index < -0.39 is 0 Å². The van der Waals surface area contributed by atoms with Crippen LogP contribution in [0.15, 0.2) is 23.2 Å². The van der Waals surface area contributed by atoms with Crippen molar-refractivity contribution in [3.05, 3.63) is 23.8 Å². The predicted octanol–water partition coefficient (Wildman–Crippen LogP) is 3.55. The minimum Gasteiger partial charge on any atom is -0.493 e. The minimum atomic E-state index is 0. The van der Waals surface area contributed by atoms with Gasteiger partial charge in [0.1, 0.15) is 0 Å². The van der Waals surface area contributed by atoms with E-state index in [4.69, 9.17) is 15.2 Å². The van der Waals surface area contributed by atoms with Gasteiger partial charge in [0, 0.05) is 6.54 Å². The monoisotopic (exact) mass is 435 g/mol. The Kier molecular flexibility index (Phi) is 11.6. The highest BCUT2D eigenvalue weighted by atomic mass is 127. The summed E-state index contributed by atoms with van der Waals surface area (Å²) in [7, 11) is 1.64. The van der Waals surface area contributed by atoms with Crippen molar-refractivity contribution in [3.8, 4) is 11.5 Å². The van der Waals surface area contributed by atoms with Crippen LogP contribution in [-0.2, 0) is 6.54 Å². The second-order valence-corrected chi connectivity index (χ2v) is 5.64. The maximum atomic E-state index is 5.86. The zero-order valence-electron chi connectivity index (χ0n) is 14.6. The number of aliphatic imine (C=N–C) groups is 1. The van der Waals surface area contributed by atoms with Gasteiger partial charge in [-0.2, -0.15) is 0 Å². The van der Waals surface area contributed by atoms with Crippen molar-refractivity contribution in [2.45, 2.75) is 40.2 Å². The Morgan fingerprint density at radius 3 is 2.65 bits per heavy atom. The van der Waals surface area contributed by atoms with Gasteiger partial charge in [-0.3, -0.25) is 0 Å². The lowest BCUT2D eigenvalue weighted by Gasteiger charge is -2.11. The Morgan fingerprint density at radius 1 is 1.30 bits per heavy atom. The summed E-state index contributed by atoms with van der Waals surface area (Å²) in [6, 6.07) is 5.84. The average Bonchev–Trinajstić information content (AvgIpc) is 2.50. The summed E-state index contributed by atoms with van der Waals surface area (Å²) in [6.45, 7) is 8.49. The summed E-state index contributed by atoms with van der Waals surface area (Å²) >= 11 is 0. The van der Waals surface area contributed by atoms with Crippen molar-refractivity contribution in [3.63, 3.8) is 0 Å². The van der Waals surface area contributed by atoms with Crippen molar-refractivity contribution in [1.82, 2.24) is 5.32 Å². The number of halogens is 1. The number of nitrogens with zero attached hydrogens (tertiary/aromatic N) is 1. The molecule has 0 aliphatic heterocycles. The molecule has 0 bridgehead atoms. The van der Waals surface area contributed by atoms with E-state index in [1.165, 1.54) is 0 Å². The SMILES string of the molecule is CCCOc1ccc(CN=C(N)NCCC(C)C)cc1OC.I. The Labute approximate surface area is 157 Å². The van der Waals surface area contributed by atoms with Gasteiger partial charge in [-0.25, -0.2) is 4.99 Å². The lowest BCUT2D eigenvalue weighted by molar-refractivity contribution is 0.294. The molecular weight excluding hydrogens is 405 g/mol. The third-order valence-electron chi connectivity index (χ3n) is 3.15. The molecule has 5 nitrogen and oxygen atoms in total. The molecular formula is C17H30IN3O2. The molecule has 23 heavy (non-hydrogen) atoms. The minimum absolute atomic E-state index is 0. The van der Waals surface area contributed by atoms with Crippen molar-refractivity contribution in [2.24, 2.45) is 16.6 Å². The first-order chi connectivity index (χ1) is 10.6. The number of nitrogens with two attached hydrogens (primary N) is 1. The predicted molar refractivity (Wildman–Crippen MR) is 107 cm³/mol. The highest BCUT2D eigenvalue weighted by Gasteiger charge is 2.05. The number of hydrogen-bond acceptors (Lipinski definition) is 3. The van der Waals surface area contributed by atoms with Crippen molar-refractivity contribution < 1.29 is 9.47 Å². The molecule has 1 aromatic rings. The van der Waals surface area contributed by atoms with Crippen molar-refractivity contribution in [2.75, 3.05) is 20.3 Å². The maximum absolute atomic E-state index is 5.86. The normalized spacial score (nSPS) is 11.1. The summed E-state index contributed by atoms with van der Waals surface area (Å²) in [5, 5.41) is 3.12. The van der Waals surface area contributed by atoms with E-state index in [-0.39, 0.29) is 24.0 Å². The Hall–Kier alpha value is -1.18. The molecule has 0 aliphatic carbocycles. The highest BCUT2D eigenvalue weighted by Crippen LogP contribution is 2.28. The molecule has 0 saturated carbocycles. The van der Waals surface area contributed by atoms with Gasteiger partial charge in [0.05, 0.1) is 20.3 Å². The second-order valence-electron chi connectivity index (χ2n) is 5.64. The fourth-order valence-electron chi connectivity index (χ4n) is 1.86. The number of nitrogens with one attached hydrogen (secondary N) is 1. The van der Waals surface area contributed by atoms with E-state index in [0.29, 0.717) is 25.0 Å². The van der Waals surface area contributed by atoms with Crippen LogP contribution in [0.4, 0.5) is 0 Å². The molecule has 0 saturated heterocycles. The van der Waals surface area contributed by atoms with Crippen LogP contribution in [-0.4, -0.2) is 26.2 Å². The van der Waals surface area contributed by atoms with Crippen LogP contribution < -0.4 is 20.5 Å². The van der Waals surface area contributed by atoms with Gasteiger partial charge in [-0.15, -0.1) is 24.0 Å². The largest absolute Gasteiger partial charge is 0.493 e. The first kappa shape index (κ1) is 21.8. The molecule has 0 spiro atoms. The number of methoxy groups -OCH3 is 1. The molecule has 1 aromatic carbocycles. The van der Waals surface area contributed by atoms with E-state index in [1.807, 2.05) is 18.2 Å². The quantitative estimate of drug-likeness (QED) is 0.354. The van der Waals surface area contributed by atoms with Gasteiger partial charge in [-0.1, -0.05) is 26.8 Å². The molecule has 3 N–H and O–H groups in total. The van der Waals surface area contributed by atoms with Crippen LogP contribution in [0.1, 0.15) is 39.2 Å². The smallest absolute Gasteiger partial charge is 0.188 e. The topological polar surface area (TPSA) is 68.9 Å². The molecule has 0 radical (unpaired) electrons. The van der Waals surface area contributed by atoms with E-state index in [2.05, 4.69) is 31.1 Å². The van der Waals surface area contributed by atoms with Crippen LogP contribution in [0.3, 0.4) is 0 Å². The maximum Gasteiger partial charge on any atom is 0.188 e. The molecule has 6 heteroatoms. The number of guanidine groups is 1. The first-order valence-corrected chi connectivity index (χ1v) is 7.90. The Morgan fingerprint density at radius 2 is 2.04 bits per heavy atom. The number of benzene rings is 1. The zero-order valence-corrected chi connectivity index (χ0v) is 16.9. The molecule has 0 aliphatic rings.